The summed E-state index contributed by atoms with van der Waals surface area (Å²) >= 11 is 0. The average molecular weight is 265 g/mol. The Kier molecular flexibility index (Phi) is 3.68. The van der Waals surface area contributed by atoms with E-state index < -0.39 is 0 Å². The molecule has 3 rings (SSSR count). The molecule has 1 N–H and O–H groups in total. The monoisotopic (exact) mass is 265 g/mol. The lowest BCUT2D eigenvalue weighted by Crippen LogP contribution is -2.37. The van der Waals surface area contributed by atoms with Gasteiger partial charge in [-0.25, -0.2) is 0 Å². The first-order chi connectivity index (χ1) is 9.04. The molecule has 2 saturated carbocycles. The van der Waals surface area contributed by atoms with Crippen molar-refractivity contribution >= 4 is 0 Å². The van der Waals surface area contributed by atoms with Crippen molar-refractivity contribution in [2.45, 2.75) is 77.9 Å². The minimum absolute atomic E-state index is 0.434. The molecule has 1 saturated heterocycles. The first-order valence-corrected chi connectivity index (χ1v) is 8.39. The minimum atomic E-state index is 0.434. The summed E-state index contributed by atoms with van der Waals surface area (Å²) < 4.78 is 6.31. The largest absolute Gasteiger partial charge is 0.378 e. The van der Waals surface area contributed by atoms with E-state index in [4.69, 9.17) is 4.74 Å². The van der Waals surface area contributed by atoms with E-state index in [0.717, 1.165) is 18.6 Å². The van der Waals surface area contributed by atoms with Crippen LogP contribution in [-0.4, -0.2) is 25.3 Å². The van der Waals surface area contributed by atoms with E-state index in [1.54, 1.807) is 0 Å². The van der Waals surface area contributed by atoms with Crippen LogP contribution in [-0.2, 0) is 4.74 Å². The molecule has 110 valence electrons. The van der Waals surface area contributed by atoms with E-state index in [2.05, 4.69) is 26.1 Å². The van der Waals surface area contributed by atoms with Gasteiger partial charge in [0.25, 0.3) is 0 Å². The molecule has 2 heteroatoms. The summed E-state index contributed by atoms with van der Waals surface area (Å²) in [6.45, 7) is 9.61. The van der Waals surface area contributed by atoms with Gasteiger partial charge in [0.05, 0.1) is 6.10 Å². The second kappa shape index (κ2) is 5.04. The standard InChI is InChI=1S/C17H31NO/c1-16(2)13-8-9-17(16,3)15(12-13)19-11-5-7-14-6-4-10-18-14/h13-15,18H,4-12H2,1-3H3. The molecule has 0 aromatic carbocycles. The number of rotatable bonds is 5. The second-order valence-corrected chi connectivity index (χ2v) is 7.91. The van der Waals surface area contributed by atoms with Crippen molar-refractivity contribution in [1.82, 2.24) is 5.32 Å². The van der Waals surface area contributed by atoms with Gasteiger partial charge in [-0.15, -0.1) is 0 Å². The van der Waals surface area contributed by atoms with Gasteiger partial charge in [-0.1, -0.05) is 20.8 Å². The maximum Gasteiger partial charge on any atom is 0.0636 e. The zero-order chi connectivity index (χ0) is 13.5. The molecule has 3 fully saturated rings. The third-order valence-electron chi connectivity index (χ3n) is 6.89. The molecule has 2 bridgehead atoms. The van der Waals surface area contributed by atoms with Gasteiger partial charge in [-0.2, -0.15) is 0 Å². The number of nitrogens with one attached hydrogen (secondary N) is 1. The van der Waals surface area contributed by atoms with Crippen molar-refractivity contribution < 1.29 is 4.74 Å². The van der Waals surface area contributed by atoms with E-state index >= 15 is 0 Å². The summed E-state index contributed by atoms with van der Waals surface area (Å²) in [6, 6.07) is 0.774. The zero-order valence-electron chi connectivity index (χ0n) is 13.0. The van der Waals surface area contributed by atoms with Gasteiger partial charge in [-0.3, -0.25) is 0 Å². The predicted octanol–water partition coefficient (Wildman–Crippen LogP) is 3.75. The van der Waals surface area contributed by atoms with E-state index in [1.165, 1.54) is 51.5 Å². The first-order valence-electron chi connectivity index (χ1n) is 8.39. The van der Waals surface area contributed by atoms with Crippen LogP contribution >= 0.6 is 0 Å². The fraction of sp³-hybridized carbons (Fsp3) is 1.00. The van der Waals surface area contributed by atoms with Crippen LogP contribution in [0.25, 0.3) is 0 Å². The summed E-state index contributed by atoms with van der Waals surface area (Å²) in [6.07, 6.45) is 9.90. The van der Waals surface area contributed by atoms with Crippen LogP contribution in [0.1, 0.15) is 65.7 Å². The fourth-order valence-electron chi connectivity index (χ4n) is 4.94. The predicted molar refractivity (Wildman–Crippen MR) is 79.2 cm³/mol. The molecular formula is C17H31NO. The summed E-state index contributed by atoms with van der Waals surface area (Å²) in [5.41, 5.74) is 0.925. The van der Waals surface area contributed by atoms with Crippen molar-refractivity contribution in [1.29, 1.82) is 0 Å². The highest BCUT2D eigenvalue weighted by Crippen LogP contribution is 2.66. The molecular weight excluding hydrogens is 234 g/mol. The van der Waals surface area contributed by atoms with Gasteiger partial charge in [0, 0.05) is 12.6 Å². The van der Waals surface area contributed by atoms with Crippen LogP contribution in [0.5, 0.6) is 0 Å². The Morgan fingerprint density at radius 3 is 2.63 bits per heavy atom. The van der Waals surface area contributed by atoms with E-state index in [1.807, 2.05) is 0 Å². The third kappa shape index (κ3) is 2.25. The Morgan fingerprint density at radius 1 is 1.21 bits per heavy atom. The lowest BCUT2D eigenvalue weighted by Gasteiger charge is -2.39. The van der Waals surface area contributed by atoms with E-state index in [-0.39, 0.29) is 0 Å². The highest BCUT2D eigenvalue weighted by molar-refractivity contribution is 5.11. The lowest BCUT2D eigenvalue weighted by molar-refractivity contribution is -0.0478. The molecule has 2 nitrogen and oxygen atoms in total. The zero-order valence-corrected chi connectivity index (χ0v) is 13.0. The lowest BCUT2D eigenvalue weighted by atomic mass is 9.70. The third-order valence-corrected chi connectivity index (χ3v) is 6.89. The molecule has 1 aliphatic heterocycles. The number of hydrogen-bond acceptors (Lipinski definition) is 2. The molecule has 2 aliphatic carbocycles. The maximum absolute atomic E-state index is 6.31. The molecule has 4 unspecified atom stereocenters. The Labute approximate surface area is 118 Å². The highest BCUT2D eigenvalue weighted by Gasteiger charge is 2.61. The summed E-state index contributed by atoms with van der Waals surface area (Å²) in [7, 11) is 0. The van der Waals surface area contributed by atoms with Crippen molar-refractivity contribution in [2.24, 2.45) is 16.7 Å². The van der Waals surface area contributed by atoms with Gasteiger partial charge in [0.1, 0.15) is 0 Å². The van der Waals surface area contributed by atoms with Gasteiger partial charge >= 0.3 is 0 Å². The number of fused-ring (bicyclic) bond motifs is 2. The van der Waals surface area contributed by atoms with Gasteiger partial charge < -0.3 is 10.1 Å². The summed E-state index contributed by atoms with van der Waals surface area (Å²) in [5.74, 6) is 0.902. The van der Waals surface area contributed by atoms with Crippen LogP contribution in [0, 0.1) is 16.7 Å². The van der Waals surface area contributed by atoms with Crippen LogP contribution in [0.15, 0.2) is 0 Å². The number of ether oxygens (including phenoxy) is 1. The fourth-order valence-corrected chi connectivity index (χ4v) is 4.94. The molecule has 4 atom stereocenters. The van der Waals surface area contributed by atoms with Crippen LogP contribution in [0.2, 0.25) is 0 Å². The van der Waals surface area contributed by atoms with Gasteiger partial charge in [-0.05, 0) is 68.2 Å². The van der Waals surface area contributed by atoms with E-state index in [9.17, 15) is 0 Å². The summed E-state index contributed by atoms with van der Waals surface area (Å²) in [5, 5.41) is 3.58. The maximum atomic E-state index is 6.31. The molecule has 19 heavy (non-hydrogen) atoms. The molecule has 0 aromatic heterocycles. The quantitative estimate of drug-likeness (QED) is 0.764. The van der Waals surface area contributed by atoms with Crippen molar-refractivity contribution in [3.63, 3.8) is 0 Å². The van der Waals surface area contributed by atoms with Crippen LogP contribution < -0.4 is 5.32 Å². The molecule has 0 amide bonds. The Morgan fingerprint density at radius 2 is 2.05 bits per heavy atom. The Hall–Kier alpha value is -0.0800. The summed E-state index contributed by atoms with van der Waals surface area (Å²) in [4.78, 5) is 0. The van der Waals surface area contributed by atoms with E-state index in [0.29, 0.717) is 16.9 Å². The van der Waals surface area contributed by atoms with Gasteiger partial charge in [0.15, 0.2) is 0 Å². The smallest absolute Gasteiger partial charge is 0.0636 e. The van der Waals surface area contributed by atoms with Crippen molar-refractivity contribution in [3.05, 3.63) is 0 Å². The molecule has 0 spiro atoms. The highest BCUT2D eigenvalue weighted by atomic mass is 16.5. The van der Waals surface area contributed by atoms with Crippen LogP contribution in [0.3, 0.4) is 0 Å². The second-order valence-electron chi connectivity index (χ2n) is 7.91. The Bertz CT molecular complexity index is 321. The van der Waals surface area contributed by atoms with Gasteiger partial charge in [0.2, 0.25) is 0 Å². The molecule has 3 aliphatic rings. The van der Waals surface area contributed by atoms with Crippen molar-refractivity contribution in [3.8, 4) is 0 Å². The normalized spacial score (nSPS) is 44.1. The molecule has 1 heterocycles. The van der Waals surface area contributed by atoms with Crippen LogP contribution in [0.4, 0.5) is 0 Å². The number of hydrogen-bond donors (Lipinski definition) is 1. The molecule has 0 radical (unpaired) electrons. The first kappa shape index (κ1) is 13.9. The molecule has 0 aromatic rings. The van der Waals surface area contributed by atoms with Crippen molar-refractivity contribution in [2.75, 3.05) is 13.2 Å². The topological polar surface area (TPSA) is 21.3 Å². The average Bonchev–Trinajstić information content (AvgIpc) is 3.00. The Balaban J connectivity index is 1.44. The minimum Gasteiger partial charge on any atom is -0.378 e. The SMILES string of the molecule is CC1(C)C2CCC1(C)C(OCCCC1CCCN1)C2.